The number of thioether (sulfide) groups is 1. The fourth-order valence-corrected chi connectivity index (χ4v) is 3.58. The van der Waals surface area contributed by atoms with Crippen molar-refractivity contribution in [3.63, 3.8) is 0 Å². The third-order valence-electron chi connectivity index (χ3n) is 3.82. The van der Waals surface area contributed by atoms with Crippen molar-refractivity contribution in [2.75, 3.05) is 32.3 Å². The van der Waals surface area contributed by atoms with Gasteiger partial charge in [-0.1, -0.05) is 0 Å². The van der Waals surface area contributed by atoms with Gasteiger partial charge in [-0.15, -0.1) is 0 Å². The van der Waals surface area contributed by atoms with Crippen LogP contribution in [0.25, 0.3) is 0 Å². The molecule has 0 bridgehead atoms. The molecule has 1 saturated heterocycles. The second-order valence-electron chi connectivity index (χ2n) is 5.13. The van der Waals surface area contributed by atoms with E-state index in [0.717, 1.165) is 47.1 Å². The van der Waals surface area contributed by atoms with E-state index in [1.807, 2.05) is 31.9 Å². The highest BCUT2D eigenvalue weighted by Crippen LogP contribution is 2.26. The zero-order valence-corrected chi connectivity index (χ0v) is 13.5. The lowest BCUT2D eigenvalue weighted by molar-refractivity contribution is 0.0489. The van der Waals surface area contributed by atoms with Crippen molar-refractivity contribution >= 4 is 11.8 Å². The van der Waals surface area contributed by atoms with Crippen molar-refractivity contribution < 1.29 is 9.47 Å². The summed E-state index contributed by atoms with van der Waals surface area (Å²) in [6.45, 7) is 4.95. The molecule has 4 nitrogen and oxygen atoms in total. The zero-order chi connectivity index (χ0) is 14.5. The van der Waals surface area contributed by atoms with E-state index in [4.69, 9.17) is 9.47 Å². The molecule has 0 saturated carbocycles. The highest BCUT2D eigenvalue weighted by atomic mass is 32.2. The Morgan fingerprint density at radius 2 is 2.35 bits per heavy atom. The predicted octanol–water partition coefficient (Wildman–Crippen LogP) is 1.97. The Hall–Kier alpha value is -0.780. The van der Waals surface area contributed by atoms with Gasteiger partial charge in [0.2, 0.25) is 0 Å². The minimum atomic E-state index is 0.257. The fraction of sp³-hybridized carbons (Fsp3) is 0.667. The largest absolute Gasteiger partial charge is 0.496 e. The number of nitrogens with zero attached hydrogens (tertiary/aromatic N) is 1. The Balaban J connectivity index is 2.14. The molecular weight excluding hydrogens is 272 g/mol. The van der Waals surface area contributed by atoms with E-state index < -0.39 is 0 Å². The molecule has 2 atom stereocenters. The van der Waals surface area contributed by atoms with Crippen LogP contribution in [0.1, 0.15) is 16.8 Å². The third kappa shape index (κ3) is 3.45. The molecule has 1 aliphatic rings. The maximum atomic E-state index is 5.88. The third-order valence-corrected chi connectivity index (χ3v) is 4.84. The van der Waals surface area contributed by atoms with Crippen LogP contribution in [0.2, 0.25) is 0 Å². The Morgan fingerprint density at radius 1 is 1.55 bits per heavy atom. The Morgan fingerprint density at radius 3 is 2.95 bits per heavy atom. The van der Waals surface area contributed by atoms with Crippen molar-refractivity contribution in [1.82, 2.24) is 10.3 Å². The van der Waals surface area contributed by atoms with E-state index in [0.29, 0.717) is 6.04 Å². The molecule has 0 amide bonds. The summed E-state index contributed by atoms with van der Waals surface area (Å²) in [5.41, 5.74) is 3.31. The van der Waals surface area contributed by atoms with Gasteiger partial charge in [-0.05, 0) is 20.9 Å². The molecule has 1 N–H and O–H groups in total. The summed E-state index contributed by atoms with van der Waals surface area (Å²) in [4.78, 5) is 4.59. The summed E-state index contributed by atoms with van der Waals surface area (Å²) in [7, 11) is 3.71. The van der Waals surface area contributed by atoms with E-state index in [1.54, 1.807) is 7.11 Å². The molecule has 20 heavy (non-hydrogen) atoms. The molecule has 1 aromatic heterocycles. The van der Waals surface area contributed by atoms with E-state index in [-0.39, 0.29) is 6.10 Å². The van der Waals surface area contributed by atoms with Gasteiger partial charge in [-0.2, -0.15) is 11.8 Å². The van der Waals surface area contributed by atoms with Crippen LogP contribution in [-0.4, -0.2) is 49.4 Å². The van der Waals surface area contributed by atoms with Gasteiger partial charge in [0.1, 0.15) is 5.75 Å². The molecule has 112 valence electrons. The van der Waals surface area contributed by atoms with Crippen LogP contribution >= 0.6 is 11.8 Å². The lowest BCUT2D eigenvalue weighted by Crippen LogP contribution is -2.44. The highest BCUT2D eigenvalue weighted by molar-refractivity contribution is 7.99. The Kier molecular flexibility index (Phi) is 5.69. The Labute approximate surface area is 125 Å². The smallest absolute Gasteiger partial charge is 0.128 e. The van der Waals surface area contributed by atoms with Gasteiger partial charge >= 0.3 is 0 Å². The number of hydrogen-bond donors (Lipinski definition) is 1. The van der Waals surface area contributed by atoms with Crippen molar-refractivity contribution in [3.05, 3.63) is 23.0 Å². The summed E-state index contributed by atoms with van der Waals surface area (Å²) < 4.78 is 11.4. The molecule has 1 fully saturated rings. The van der Waals surface area contributed by atoms with E-state index in [1.165, 1.54) is 0 Å². The predicted molar refractivity (Wildman–Crippen MR) is 83.9 cm³/mol. The molecule has 1 aromatic rings. The second-order valence-corrected chi connectivity index (χ2v) is 6.28. The summed E-state index contributed by atoms with van der Waals surface area (Å²) in [6.07, 6.45) is 3.02. The minimum absolute atomic E-state index is 0.257. The standard InChI is InChI=1S/C15H24N2O2S/c1-10-8-17-12(11(2)15(10)18-4)7-13(16-3)14-9-20-6-5-19-14/h8,13-14,16H,5-7,9H2,1-4H3. The molecule has 5 heteroatoms. The SMILES string of the molecule is CNC(Cc1ncc(C)c(OC)c1C)C1CSCCO1. The molecule has 2 rings (SSSR count). The lowest BCUT2D eigenvalue weighted by Gasteiger charge is -2.30. The zero-order valence-electron chi connectivity index (χ0n) is 12.7. The van der Waals surface area contributed by atoms with Gasteiger partial charge in [0, 0.05) is 47.0 Å². The first kappa shape index (κ1) is 15.6. The second kappa shape index (κ2) is 7.29. The van der Waals surface area contributed by atoms with Gasteiger partial charge < -0.3 is 14.8 Å². The van der Waals surface area contributed by atoms with Crippen molar-refractivity contribution in [3.8, 4) is 5.75 Å². The van der Waals surface area contributed by atoms with Crippen LogP contribution in [0.15, 0.2) is 6.20 Å². The van der Waals surface area contributed by atoms with Gasteiger partial charge in [-0.25, -0.2) is 0 Å². The lowest BCUT2D eigenvalue weighted by atomic mass is 10.0. The number of ether oxygens (including phenoxy) is 2. The van der Waals surface area contributed by atoms with Crippen LogP contribution in [0.3, 0.4) is 0 Å². The molecule has 2 unspecified atom stereocenters. The molecular formula is C15H24N2O2S. The summed E-state index contributed by atoms with van der Waals surface area (Å²) in [6, 6.07) is 0.293. The van der Waals surface area contributed by atoms with Crippen molar-refractivity contribution in [1.29, 1.82) is 0 Å². The Bertz CT molecular complexity index is 448. The maximum absolute atomic E-state index is 5.88. The molecule has 2 heterocycles. The van der Waals surface area contributed by atoms with Gasteiger partial charge in [0.05, 0.1) is 19.8 Å². The first-order valence-corrected chi connectivity index (χ1v) is 8.18. The fourth-order valence-electron chi connectivity index (χ4n) is 2.64. The number of likely N-dealkylation sites (N-methyl/N-ethyl adjacent to an activating group) is 1. The first-order valence-electron chi connectivity index (χ1n) is 7.03. The van der Waals surface area contributed by atoms with Crippen molar-refractivity contribution in [2.45, 2.75) is 32.4 Å². The van der Waals surface area contributed by atoms with E-state index in [9.17, 15) is 0 Å². The summed E-state index contributed by atoms with van der Waals surface area (Å²) >= 11 is 1.96. The number of hydrogen-bond acceptors (Lipinski definition) is 5. The number of rotatable bonds is 5. The first-order chi connectivity index (χ1) is 9.67. The molecule has 1 aliphatic heterocycles. The average molecular weight is 296 g/mol. The van der Waals surface area contributed by atoms with Crippen LogP contribution in [0.5, 0.6) is 5.75 Å². The van der Waals surface area contributed by atoms with Crippen molar-refractivity contribution in [2.24, 2.45) is 0 Å². The topological polar surface area (TPSA) is 43.4 Å². The number of aromatic nitrogens is 1. The van der Waals surface area contributed by atoms with E-state index in [2.05, 4.69) is 17.2 Å². The monoisotopic (exact) mass is 296 g/mol. The maximum Gasteiger partial charge on any atom is 0.128 e. The molecule has 0 aromatic carbocycles. The van der Waals surface area contributed by atoms with Gasteiger partial charge in [-0.3, -0.25) is 4.98 Å². The summed E-state index contributed by atoms with van der Waals surface area (Å²) in [5.74, 6) is 3.10. The van der Waals surface area contributed by atoms with Gasteiger partial charge in [0.25, 0.3) is 0 Å². The van der Waals surface area contributed by atoms with Crippen LogP contribution < -0.4 is 10.1 Å². The van der Waals surface area contributed by atoms with Crippen LogP contribution in [-0.2, 0) is 11.2 Å². The number of nitrogens with one attached hydrogen (secondary N) is 1. The van der Waals surface area contributed by atoms with Crippen LogP contribution in [0, 0.1) is 13.8 Å². The number of methoxy groups -OCH3 is 1. The quantitative estimate of drug-likeness (QED) is 0.900. The van der Waals surface area contributed by atoms with E-state index >= 15 is 0 Å². The number of aryl methyl sites for hydroxylation is 1. The minimum Gasteiger partial charge on any atom is -0.496 e. The highest BCUT2D eigenvalue weighted by Gasteiger charge is 2.25. The normalized spacial score (nSPS) is 20.7. The molecule has 0 aliphatic carbocycles. The van der Waals surface area contributed by atoms with Gasteiger partial charge in [0.15, 0.2) is 0 Å². The number of pyridine rings is 1. The molecule has 0 spiro atoms. The summed E-state index contributed by atoms with van der Waals surface area (Å²) in [5, 5.41) is 3.38. The van der Waals surface area contributed by atoms with Crippen LogP contribution in [0.4, 0.5) is 0 Å². The average Bonchev–Trinajstić information content (AvgIpc) is 2.48. The molecule has 0 radical (unpaired) electrons.